The van der Waals surface area contributed by atoms with E-state index in [0.717, 1.165) is 11.5 Å². The van der Waals surface area contributed by atoms with Crippen molar-refractivity contribution in [3.8, 4) is 0 Å². The molecule has 2 fully saturated rings. The van der Waals surface area contributed by atoms with Gasteiger partial charge in [-0.1, -0.05) is 60.7 Å². The number of ether oxygens (including phenoxy) is 2. The molecule has 1 amide bonds. The second-order valence-corrected chi connectivity index (χ2v) is 9.36. The maximum Gasteiger partial charge on any atom is 2.00 e. The van der Waals surface area contributed by atoms with E-state index >= 15 is 0 Å². The van der Waals surface area contributed by atoms with E-state index < -0.39 is 18.1 Å². The Hall–Kier alpha value is -2.28. The SMILES string of the molecule is O=C(N[C@H](C(=O)OCCSCCC(=O)[C]1[CH][CH][CH][CH]1)c1ccccc1)OCc1ccccc1.[CH]1[CH][CH][CH][CH]1.[Fe+2]. The molecule has 39 heavy (non-hydrogen) atoms. The molecule has 2 aromatic rings. The Morgan fingerprint density at radius 3 is 1.95 bits per heavy atom. The summed E-state index contributed by atoms with van der Waals surface area (Å²) in [7, 11) is 0. The van der Waals surface area contributed by atoms with Crippen molar-refractivity contribution in [3.05, 3.63) is 135 Å². The Bertz CT molecular complexity index is 958. The van der Waals surface area contributed by atoms with Crippen LogP contribution in [0, 0.1) is 63.7 Å². The summed E-state index contributed by atoms with van der Waals surface area (Å²) in [5.41, 5.74) is 1.45. The van der Waals surface area contributed by atoms with Crippen LogP contribution in [0.4, 0.5) is 4.79 Å². The van der Waals surface area contributed by atoms with E-state index in [0.29, 0.717) is 23.5 Å². The number of esters is 1. The number of alkyl carbamates (subject to hydrolysis) is 1. The number of amides is 1. The predicted octanol–water partition coefficient (Wildman–Crippen LogP) is 5.31. The molecule has 0 unspecified atom stereocenters. The average Bonchev–Trinajstić information content (AvgIpc) is 3.71. The van der Waals surface area contributed by atoms with Gasteiger partial charge in [0.2, 0.25) is 0 Å². The van der Waals surface area contributed by atoms with Crippen LogP contribution in [-0.2, 0) is 42.7 Å². The molecular formula is C31H31FeNO5S+2. The Morgan fingerprint density at radius 2 is 1.33 bits per heavy atom. The van der Waals surface area contributed by atoms with Crippen molar-refractivity contribution in [3.63, 3.8) is 0 Å². The van der Waals surface area contributed by atoms with E-state index in [4.69, 9.17) is 9.47 Å². The number of ketones is 1. The Balaban J connectivity index is 0.000000797. The van der Waals surface area contributed by atoms with Crippen LogP contribution < -0.4 is 5.32 Å². The second-order valence-electron chi connectivity index (χ2n) is 8.14. The first kappa shape index (κ1) is 32.9. The number of Topliss-reactive ketones (excluding diaryl/α,β-unsaturated/α-hetero) is 1. The van der Waals surface area contributed by atoms with Crippen molar-refractivity contribution in [1.29, 1.82) is 0 Å². The van der Waals surface area contributed by atoms with Crippen LogP contribution in [0.2, 0.25) is 0 Å². The van der Waals surface area contributed by atoms with Crippen molar-refractivity contribution < 1.29 is 40.9 Å². The van der Waals surface area contributed by atoms with Gasteiger partial charge >= 0.3 is 29.1 Å². The molecule has 2 aromatic carbocycles. The number of nitrogens with one attached hydrogen (secondary N) is 1. The van der Waals surface area contributed by atoms with Gasteiger partial charge in [0.05, 0.1) is 0 Å². The third kappa shape index (κ3) is 13.1. The number of benzene rings is 2. The molecule has 0 aliphatic heterocycles. The molecule has 202 valence electrons. The van der Waals surface area contributed by atoms with Crippen LogP contribution >= 0.6 is 11.8 Å². The van der Waals surface area contributed by atoms with E-state index in [9.17, 15) is 14.4 Å². The summed E-state index contributed by atoms with van der Waals surface area (Å²) in [6.07, 6.45) is 17.0. The Morgan fingerprint density at radius 1 is 0.744 bits per heavy atom. The molecular weight excluding hydrogens is 554 g/mol. The van der Waals surface area contributed by atoms with Crippen molar-refractivity contribution in [2.24, 2.45) is 0 Å². The zero-order chi connectivity index (χ0) is 26.8. The predicted molar refractivity (Wildman–Crippen MR) is 149 cm³/mol. The third-order valence-corrected chi connectivity index (χ3v) is 6.28. The molecule has 2 saturated carbocycles. The van der Waals surface area contributed by atoms with Crippen molar-refractivity contribution in [2.75, 3.05) is 18.1 Å². The van der Waals surface area contributed by atoms with Gasteiger partial charge in [0.15, 0.2) is 6.04 Å². The molecule has 2 aliphatic carbocycles. The van der Waals surface area contributed by atoms with Crippen LogP contribution in [0.1, 0.15) is 23.6 Å². The van der Waals surface area contributed by atoms with E-state index in [2.05, 4.69) is 5.32 Å². The summed E-state index contributed by atoms with van der Waals surface area (Å²) in [6, 6.07) is 17.2. The summed E-state index contributed by atoms with van der Waals surface area (Å²) in [5, 5.41) is 2.60. The van der Waals surface area contributed by atoms with E-state index in [1.54, 1.807) is 37.1 Å². The standard InChI is InChI=1S/C26H26NO5S.C5H5.Fe/c28-23(21-11-7-8-12-21)15-17-33-18-16-31-25(29)24(22-13-5-2-6-14-22)27-26(30)32-19-20-9-3-1-4-10-20;1-2-4-5-3-1;/h1-14,24H,15-19H2,(H,27,30);1-5H;/q;;+2/t24-;;/m0../s1. The Labute approximate surface area is 247 Å². The van der Waals surface area contributed by atoms with Gasteiger partial charge in [0.1, 0.15) is 19.0 Å². The quantitative estimate of drug-likeness (QED) is 0.207. The van der Waals surface area contributed by atoms with E-state index in [-0.39, 0.29) is 36.1 Å². The number of carbonyl (C=O) groups is 3. The van der Waals surface area contributed by atoms with Gasteiger partial charge in [-0.3, -0.25) is 4.79 Å². The molecule has 2 aliphatic rings. The summed E-state index contributed by atoms with van der Waals surface area (Å²) < 4.78 is 10.6. The fourth-order valence-corrected chi connectivity index (χ4v) is 4.12. The minimum Gasteiger partial charge on any atom is -0.463 e. The smallest absolute Gasteiger partial charge is 0.463 e. The first-order valence-electron chi connectivity index (χ1n) is 12.3. The van der Waals surface area contributed by atoms with Gasteiger partial charge < -0.3 is 14.8 Å². The summed E-state index contributed by atoms with van der Waals surface area (Å²) >= 11 is 1.54. The maximum absolute atomic E-state index is 12.7. The molecule has 0 saturated heterocycles. The zero-order valence-electron chi connectivity index (χ0n) is 21.4. The molecule has 6 nitrogen and oxygen atoms in total. The second kappa shape index (κ2) is 19.7. The summed E-state index contributed by atoms with van der Waals surface area (Å²) in [5.74, 6) is 1.46. The number of carbonyl (C=O) groups excluding carboxylic acids is 3. The number of hydrogen-bond acceptors (Lipinski definition) is 6. The van der Waals surface area contributed by atoms with Gasteiger partial charge in [0.25, 0.3) is 0 Å². The van der Waals surface area contributed by atoms with Crippen LogP contribution in [0.25, 0.3) is 0 Å². The third-order valence-electron chi connectivity index (χ3n) is 5.33. The Kier molecular flexibility index (Phi) is 16.7. The maximum atomic E-state index is 12.7. The molecule has 0 aromatic heterocycles. The van der Waals surface area contributed by atoms with Crippen molar-refractivity contribution >= 4 is 29.6 Å². The largest absolute Gasteiger partial charge is 2.00 e. The van der Waals surface area contributed by atoms with Crippen LogP contribution in [-0.4, -0.2) is 36.0 Å². The fourth-order valence-electron chi connectivity index (χ4n) is 3.38. The molecule has 1 atom stereocenters. The van der Waals surface area contributed by atoms with E-state index in [1.165, 1.54) is 11.8 Å². The van der Waals surface area contributed by atoms with E-state index in [1.807, 2.05) is 81.3 Å². The number of rotatable bonds is 12. The van der Waals surface area contributed by atoms with Gasteiger partial charge in [-0.15, -0.1) is 0 Å². The van der Waals surface area contributed by atoms with Crippen LogP contribution in [0.15, 0.2) is 60.7 Å². The van der Waals surface area contributed by atoms with Gasteiger partial charge in [-0.2, -0.15) is 11.8 Å². The molecule has 0 bridgehead atoms. The number of hydrogen-bond donors (Lipinski definition) is 1. The minimum absolute atomic E-state index is 0. The monoisotopic (exact) mass is 585 g/mol. The molecule has 8 heteroatoms. The molecule has 10 radical (unpaired) electrons. The summed E-state index contributed by atoms with van der Waals surface area (Å²) in [4.78, 5) is 37.0. The molecule has 0 spiro atoms. The number of thioether (sulfide) groups is 1. The summed E-state index contributed by atoms with van der Waals surface area (Å²) in [6.45, 7) is 0.279. The molecule has 4 rings (SSSR count). The zero-order valence-corrected chi connectivity index (χ0v) is 23.3. The van der Waals surface area contributed by atoms with Crippen LogP contribution in [0.5, 0.6) is 0 Å². The topological polar surface area (TPSA) is 81.7 Å². The first-order chi connectivity index (χ1) is 18.6. The van der Waals surface area contributed by atoms with Crippen molar-refractivity contribution in [1.82, 2.24) is 5.32 Å². The van der Waals surface area contributed by atoms with Crippen molar-refractivity contribution in [2.45, 2.75) is 19.1 Å². The minimum atomic E-state index is -0.974. The average molecular weight is 586 g/mol. The van der Waals surface area contributed by atoms with Crippen LogP contribution in [0.3, 0.4) is 0 Å². The van der Waals surface area contributed by atoms with Gasteiger partial charge in [0, 0.05) is 23.8 Å². The molecule has 1 N–H and O–H groups in total. The van der Waals surface area contributed by atoms with Gasteiger partial charge in [-0.25, -0.2) is 9.59 Å². The first-order valence-corrected chi connectivity index (χ1v) is 13.5. The molecule has 0 heterocycles. The van der Waals surface area contributed by atoms with Gasteiger partial charge in [-0.05, 0) is 68.9 Å². The fraction of sp³-hybridized carbons (Fsp3) is 0.194. The normalized spacial score (nSPS) is 15.3.